The summed E-state index contributed by atoms with van der Waals surface area (Å²) in [6.07, 6.45) is 1.94. The molecular formula is C5H9NOS. The molecule has 0 aromatic heterocycles. The summed E-state index contributed by atoms with van der Waals surface area (Å²) in [6, 6.07) is 0.238. The second kappa shape index (κ2) is 2.42. The summed E-state index contributed by atoms with van der Waals surface area (Å²) in [4.78, 5) is 0.893. The smallest absolute Gasteiger partial charge is 0.0757 e. The number of hydrogen-bond donors (Lipinski definition) is 2. The Morgan fingerprint density at radius 3 is 2.88 bits per heavy atom. The predicted molar refractivity (Wildman–Crippen MR) is 35.8 cm³/mol. The molecule has 0 aliphatic carbocycles. The fraction of sp³-hybridized carbons (Fsp3) is 0.800. The van der Waals surface area contributed by atoms with Crippen molar-refractivity contribution in [2.75, 3.05) is 6.61 Å². The molecule has 1 atom stereocenters. The van der Waals surface area contributed by atoms with Crippen molar-refractivity contribution in [3.8, 4) is 0 Å². The van der Waals surface area contributed by atoms with Crippen molar-refractivity contribution >= 4 is 17.2 Å². The zero-order valence-corrected chi connectivity index (χ0v) is 5.37. The molecule has 1 aliphatic rings. The molecule has 1 fully saturated rings. The number of aliphatic hydroxyl groups excluding tert-OH is 1. The van der Waals surface area contributed by atoms with Crippen molar-refractivity contribution in [1.29, 1.82) is 0 Å². The molecule has 0 spiro atoms. The van der Waals surface area contributed by atoms with Gasteiger partial charge in [0.25, 0.3) is 0 Å². The molecule has 0 radical (unpaired) electrons. The van der Waals surface area contributed by atoms with Gasteiger partial charge in [-0.1, -0.05) is 12.2 Å². The van der Waals surface area contributed by atoms with Gasteiger partial charge in [0.2, 0.25) is 0 Å². The number of hydrogen-bond acceptors (Lipinski definition) is 2. The topological polar surface area (TPSA) is 32.3 Å². The van der Waals surface area contributed by atoms with Crippen LogP contribution in [-0.2, 0) is 0 Å². The van der Waals surface area contributed by atoms with Gasteiger partial charge in [-0.2, -0.15) is 0 Å². The van der Waals surface area contributed by atoms with Gasteiger partial charge in [-0.3, -0.25) is 0 Å². The summed E-state index contributed by atoms with van der Waals surface area (Å²) < 4.78 is 0. The molecule has 46 valence electrons. The maximum Gasteiger partial charge on any atom is 0.0757 e. The molecule has 1 rings (SSSR count). The van der Waals surface area contributed by atoms with Crippen LogP contribution in [0.15, 0.2) is 0 Å². The highest BCUT2D eigenvalue weighted by atomic mass is 32.1. The van der Waals surface area contributed by atoms with Gasteiger partial charge in [-0.05, 0) is 12.8 Å². The number of nitrogens with one attached hydrogen (secondary N) is 1. The maximum atomic E-state index is 8.56. The van der Waals surface area contributed by atoms with E-state index in [0.29, 0.717) is 0 Å². The van der Waals surface area contributed by atoms with Gasteiger partial charge in [0.05, 0.1) is 17.6 Å². The van der Waals surface area contributed by atoms with Crippen molar-refractivity contribution in [2.24, 2.45) is 0 Å². The van der Waals surface area contributed by atoms with Gasteiger partial charge in [0.15, 0.2) is 0 Å². The van der Waals surface area contributed by atoms with Crippen molar-refractivity contribution in [1.82, 2.24) is 5.32 Å². The standard InChI is InChI=1S/C5H9NOS/c7-3-4-1-2-5(8)6-4/h4,7H,1-3H2,(H,6,8)/t4-/m0/s1. The molecule has 2 nitrogen and oxygen atoms in total. The van der Waals surface area contributed by atoms with Crippen LogP contribution in [0.3, 0.4) is 0 Å². The van der Waals surface area contributed by atoms with Crippen LogP contribution in [0.4, 0.5) is 0 Å². The third-order valence-corrected chi connectivity index (χ3v) is 1.63. The normalized spacial score (nSPS) is 28.1. The van der Waals surface area contributed by atoms with Crippen LogP contribution in [0.5, 0.6) is 0 Å². The van der Waals surface area contributed by atoms with Crippen molar-refractivity contribution in [3.63, 3.8) is 0 Å². The molecule has 0 aromatic carbocycles. The minimum Gasteiger partial charge on any atom is -0.394 e. The first-order valence-electron chi connectivity index (χ1n) is 2.73. The molecule has 0 amide bonds. The van der Waals surface area contributed by atoms with Gasteiger partial charge in [-0.25, -0.2) is 0 Å². The zero-order valence-electron chi connectivity index (χ0n) is 4.55. The van der Waals surface area contributed by atoms with E-state index in [9.17, 15) is 0 Å². The highest BCUT2D eigenvalue weighted by molar-refractivity contribution is 7.80. The first-order valence-corrected chi connectivity index (χ1v) is 3.14. The fourth-order valence-electron chi connectivity index (χ4n) is 0.814. The van der Waals surface area contributed by atoms with Gasteiger partial charge >= 0.3 is 0 Å². The SMILES string of the molecule is OC[C@@H]1CCC(=S)N1. The lowest BCUT2D eigenvalue weighted by atomic mass is 10.2. The average molecular weight is 131 g/mol. The maximum absolute atomic E-state index is 8.56. The quantitative estimate of drug-likeness (QED) is 0.493. The minimum atomic E-state index is 0.208. The van der Waals surface area contributed by atoms with Crippen molar-refractivity contribution in [2.45, 2.75) is 18.9 Å². The molecule has 8 heavy (non-hydrogen) atoms. The van der Waals surface area contributed by atoms with E-state index in [1.165, 1.54) is 0 Å². The third kappa shape index (κ3) is 1.17. The molecule has 3 heteroatoms. The Balaban J connectivity index is 2.32. The number of thiocarbonyl (C=S) groups is 1. The number of rotatable bonds is 1. The molecular weight excluding hydrogens is 122 g/mol. The van der Waals surface area contributed by atoms with Crippen LogP contribution < -0.4 is 5.32 Å². The van der Waals surface area contributed by atoms with Crippen LogP contribution in [0.25, 0.3) is 0 Å². The molecule has 1 aliphatic heterocycles. The summed E-state index contributed by atoms with van der Waals surface area (Å²) in [7, 11) is 0. The first kappa shape index (κ1) is 5.98. The Morgan fingerprint density at radius 2 is 2.62 bits per heavy atom. The van der Waals surface area contributed by atoms with E-state index in [4.69, 9.17) is 17.3 Å². The summed E-state index contributed by atoms with van der Waals surface area (Å²) in [5.74, 6) is 0. The zero-order chi connectivity index (χ0) is 5.98. The highest BCUT2D eigenvalue weighted by Crippen LogP contribution is 2.05. The lowest BCUT2D eigenvalue weighted by Crippen LogP contribution is -2.27. The Hall–Kier alpha value is -0.150. The second-order valence-corrected chi connectivity index (χ2v) is 2.48. The molecule has 1 heterocycles. The summed E-state index contributed by atoms with van der Waals surface area (Å²) in [5, 5.41) is 11.5. The molecule has 2 N–H and O–H groups in total. The third-order valence-electron chi connectivity index (χ3n) is 1.31. The Bertz CT molecular complexity index is 105. The molecule has 0 aromatic rings. The van der Waals surface area contributed by atoms with E-state index in [2.05, 4.69) is 5.32 Å². The van der Waals surface area contributed by atoms with Crippen LogP contribution in [-0.4, -0.2) is 22.7 Å². The molecule has 0 bridgehead atoms. The monoisotopic (exact) mass is 131 g/mol. The summed E-state index contributed by atoms with van der Waals surface area (Å²) >= 11 is 4.84. The number of aliphatic hydroxyl groups is 1. The first-order chi connectivity index (χ1) is 3.83. The van der Waals surface area contributed by atoms with Crippen molar-refractivity contribution < 1.29 is 5.11 Å². The molecule has 1 saturated heterocycles. The minimum absolute atomic E-state index is 0.208. The predicted octanol–water partition coefficient (Wildman–Crippen LogP) is 0.0581. The van der Waals surface area contributed by atoms with Crippen LogP contribution in [0, 0.1) is 0 Å². The van der Waals surface area contributed by atoms with E-state index in [1.54, 1.807) is 0 Å². The van der Waals surface area contributed by atoms with E-state index in [-0.39, 0.29) is 12.6 Å². The van der Waals surface area contributed by atoms with Crippen LogP contribution in [0.1, 0.15) is 12.8 Å². The van der Waals surface area contributed by atoms with Crippen LogP contribution in [0.2, 0.25) is 0 Å². The molecule has 0 saturated carbocycles. The van der Waals surface area contributed by atoms with Crippen LogP contribution >= 0.6 is 12.2 Å². The van der Waals surface area contributed by atoms with E-state index >= 15 is 0 Å². The Labute approximate surface area is 53.9 Å². The lowest BCUT2D eigenvalue weighted by molar-refractivity contribution is 0.258. The summed E-state index contributed by atoms with van der Waals surface area (Å²) in [6.45, 7) is 0.208. The second-order valence-electron chi connectivity index (χ2n) is 1.99. The Morgan fingerprint density at radius 1 is 1.88 bits per heavy atom. The van der Waals surface area contributed by atoms with E-state index < -0.39 is 0 Å². The van der Waals surface area contributed by atoms with Gasteiger partial charge in [0, 0.05) is 0 Å². The largest absolute Gasteiger partial charge is 0.394 e. The lowest BCUT2D eigenvalue weighted by Gasteiger charge is -2.03. The Kier molecular flexibility index (Phi) is 1.81. The van der Waals surface area contributed by atoms with Crippen molar-refractivity contribution in [3.05, 3.63) is 0 Å². The van der Waals surface area contributed by atoms with E-state index in [1.807, 2.05) is 0 Å². The average Bonchev–Trinajstić information content (AvgIpc) is 2.14. The molecule has 0 unspecified atom stereocenters. The van der Waals surface area contributed by atoms with Gasteiger partial charge < -0.3 is 10.4 Å². The fourth-order valence-corrected chi connectivity index (χ4v) is 1.10. The highest BCUT2D eigenvalue weighted by Gasteiger charge is 2.15. The van der Waals surface area contributed by atoms with E-state index in [0.717, 1.165) is 17.8 Å². The van der Waals surface area contributed by atoms with Gasteiger partial charge in [-0.15, -0.1) is 0 Å². The van der Waals surface area contributed by atoms with Gasteiger partial charge in [0.1, 0.15) is 0 Å². The summed E-state index contributed by atoms with van der Waals surface area (Å²) in [5.41, 5.74) is 0.